The Morgan fingerprint density at radius 2 is 2.06 bits per heavy atom. The van der Waals surface area contributed by atoms with E-state index in [0.717, 1.165) is 19.4 Å². The van der Waals surface area contributed by atoms with E-state index in [1.54, 1.807) is 0 Å². The van der Waals surface area contributed by atoms with Crippen molar-refractivity contribution in [2.45, 2.75) is 38.2 Å². The largest absolute Gasteiger partial charge is 0.389 e. The highest BCUT2D eigenvalue weighted by molar-refractivity contribution is 5.27. The minimum atomic E-state index is -0.574. The average molecular weight is 233 g/mol. The molecule has 1 fully saturated rings. The second-order valence-electron chi connectivity index (χ2n) is 5.39. The minimum Gasteiger partial charge on any atom is -0.389 e. The normalized spacial score (nSPS) is 26.5. The summed E-state index contributed by atoms with van der Waals surface area (Å²) in [5, 5.41) is 13.8. The lowest BCUT2D eigenvalue weighted by atomic mass is 9.96. The first kappa shape index (κ1) is 12.6. The van der Waals surface area contributed by atoms with E-state index < -0.39 is 5.60 Å². The van der Waals surface area contributed by atoms with Crippen molar-refractivity contribution in [3.8, 4) is 0 Å². The van der Waals surface area contributed by atoms with Crippen LogP contribution >= 0.6 is 0 Å². The molecule has 94 valence electrons. The summed E-state index contributed by atoms with van der Waals surface area (Å²) < 4.78 is 0. The average Bonchev–Trinajstić information content (AvgIpc) is 3.11. The third-order valence-electron chi connectivity index (χ3n) is 3.73. The fraction of sp³-hybridized carbons (Fsp3) is 0.600. The van der Waals surface area contributed by atoms with Crippen LogP contribution < -0.4 is 5.32 Å². The van der Waals surface area contributed by atoms with Crippen LogP contribution in [0.1, 0.15) is 38.2 Å². The Labute approximate surface area is 104 Å². The van der Waals surface area contributed by atoms with Crippen LogP contribution in [0, 0.1) is 5.92 Å². The van der Waals surface area contributed by atoms with Crippen molar-refractivity contribution in [1.29, 1.82) is 0 Å². The number of benzene rings is 1. The molecule has 0 heterocycles. The lowest BCUT2D eigenvalue weighted by Crippen LogP contribution is -2.40. The van der Waals surface area contributed by atoms with Gasteiger partial charge in [-0.3, -0.25) is 0 Å². The third kappa shape index (κ3) is 3.08. The van der Waals surface area contributed by atoms with Gasteiger partial charge in [-0.15, -0.1) is 0 Å². The predicted octanol–water partition coefficient (Wildman–Crippen LogP) is 2.54. The molecule has 0 bridgehead atoms. The van der Waals surface area contributed by atoms with Crippen LogP contribution in [-0.2, 0) is 0 Å². The third-order valence-corrected chi connectivity index (χ3v) is 3.73. The first-order valence-corrected chi connectivity index (χ1v) is 6.63. The molecule has 2 nitrogen and oxygen atoms in total. The second-order valence-corrected chi connectivity index (χ2v) is 5.39. The molecule has 0 spiro atoms. The molecule has 2 rings (SSSR count). The fourth-order valence-electron chi connectivity index (χ4n) is 2.60. The monoisotopic (exact) mass is 233 g/mol. The Balaban J connectivity index is 1.89. The van der Waals surface area contributed by atoms with Crippen LogP contribution in [0.4, 0.5) is 0 Å². The van der Waals surface area contributed by atoms with Gasteiger partial charge in [-0.25, -0.2) is 0 Å². The Bertz CT molecular complexity index is 347. The second kappa shape index (κ2) is 5.19. The van der Waals surface area contributed by atoms with E-state index in [2.05, 4.69) is 36.5 Å². The van der Waals surface area contributed by atoms with Gasteiger partial charge in [0.15, 0.2) is 0 Å². The zero-order chi connectivity index (χ0) is 12.3. The lowest BCUT2D eigenvalue weighted by molar-refractivity contribution is 0.0352. The summed E-state index contributed by atoms with van der Waals surface area (Å²) in [5.41, 5.74) is 0.795. The minimum absolute atomic E-state index is 0.411. The summed E-state index contributed by atoms with van der Waals surface area (Å²) in [6, 6.07) is 10.5. The quantitative estimate of drug-likeness (QED) is 0.740. The van der Waals surface area contributed by atoms with Crippen molar-refractivity contribution in [3.63, 3.8) is 0 Å². The molecule has 0 aromatic heterocycles. The number of rotatable bonds is 6. The lowest BCUT2D eigenvalue weighted by Gasteiger charge is -2.24. The van der Waals surface area contributed by atoms with Gasteiger partial charge < -0.3 is 10.4 Å². The van der Waals surface area contributed by atoms with Crippen molar-refractivity contribution < 1.29 is 5.11 Å². The number of nitrogens with one attached hydrogen (secondary N) is 1. The summed E-state index contributed by atoms with van der Waals surface area (Å²) >= 11 is 0. The van der Waals surface area contributed by atoms with Crippen molar-refractivity contribution >= 4 is 0 Å². The molecule has 3 unspecified atom stereocenters. The Morgan fingerprint density at radius 3 is 2.71 bits per heavy atom. The molecular formula is C15H23NO. The van der Waals surface area contributed by atoms with E-state index in [-0.39, 0.29) is 0 Å². The smallest absolute Gasteiger partial charge is 0.0777 e. The van der Waals surface area contributed by atoms with E-state index in [1.165, 1.54) is 5.56 Å². The topological polar surface area (TPSA) is 32.3 Å². The molecular weight excluding hydrogens is 210 g/mol. The van der Waals surface area contributed by atoms with Gasteiger partial charge in [-0.1, -0.05) is 37.3 Å². The van der Waals surface area contributed by atoms with Gasteiger partial charge in [0.25, 0.3) is 0 Å². The highest BCUT2D eigenvalue weighted by Gasteiger charge is 2.49. The number of hydrogen-bond acceptors (Lipinski definition) is 2. The van der Waals surface area contributed by atoms with Crippen molar-refractivity contribution in [2.24, 2.45) is 5.92 Å². The summed E-state index contributed by atoms with van der Waals surface area (Å²) in [6.07, 6.45) is 2.23. The molecule has 0 saturated heterocycles. The molecule has 0 radical (unpaired) electrons. The summed E-state index contributed by atoms with van der Waals surface area (Å²) in [6.45, 7) is 5.79. The van der Waals surface area contributed by atoms with Crippen LogP contribution in [0.2, 0.25) is 0 Å². The molecule has 1 saturated carbocycles. The van der Waals surface area contributed by atoms with E-state index in [1.807, 2.05) is 13.0 Å². The summed E-state index contributed by atoms with van der Waals surface area (Å²) in [7, 11) is 0. The van der Waals surface area contributed by atoms with Crippen LogP contribution in [0.25, 0.3) is 0 Å². The van der Waals surface area contributed by atoms with Gasteiger partial charge in [0.2, 0.25) is 0 Å². The molecule has 0 amide bonds. The molecule has 1 aliphatic rings. The first-order valence-electron chi connectivity index (χ1n) is 6.63. The van der Waals surface area contributed by atoms with Gasteiger partial charge in [-0.2, -0.15) is 0 Å². The Hall–Kier alpha value is -0.860. The maximum absolute atomic E-state index is 10.5. The van der Waals surface area contributed by atoms with Gasteiger partial charge in [0.05, 0.1) is 5.60 Å². The fourth-order valence-corrected chi connectivity index (χ4v) is 2.60. The van der Waals surface area contributed by atoms with Gasteiger partial charge >= 0.3 is 0 Å². The molecule has 1 aliphatic carbocycles. The SMILES string of the molecule is CCCNCC(C)(O)C1CC1c1ccccc1. The molecule has 3 atom stereocenters. The van der Waals surface area contributed by atoms with Crippen LogP contribution in [0.5, 0.6) is 0 Å². The Kier molecular flexibility index (Phi) is 3.85. The van der Waals surface area contributed by atoms with E-state index in [0.29, 0.717) is 18.4 Å². The number of hydrogen-bond donors (Lipinski definition) is 2. The van der Waals surface area contributed by atoms with Crippen molar-refractivity contribution in [1.82, 2.24) is 5.32 Å². The van der Waals surface area contributed by atoms with Gasteiger partial charge in [0, 0.05) is 6.54 Å². The maximum Gasteiger partial charge on any atom is 0.0777 e. The van der Waals surface area contributed by atoms with Crippen molar-refractivity contribution in [2.75, 3.05) is 13.1 Å². The van der Waals surface area contributed by atoms with Gasteiger partial charge in [-0.05, 0) is 43.7 Å². The van der Waals surface area contributed by atoms with Gasteiger partial charge in [0.1, 0.15) is 0 Å². The molecule has 2 heteroatoms. The standard InChI is InChI=1S/C15H23NO/c1-3-9-16-11-15(2,17)14-10-13(14)12-7-5-4-6-8-12/h4-8,13-14,16-17H,3,9-11H2,1-2H3. The molecule has 1 aromatic carbocycles. The highest BCUT2D eigenvalue weighted by Crippen LogP contribution is 2.53. The molecule has 17 heavy (non-hydrogen) atoms. The highest BCUT2D eigenvalue weighted by atomic mass is 16.3. The summed E-state index contributed by atoms with van der Waals surface area (Å²) in [4.78, 5) is 0. The molecule has 2 N–H and O–H groups in total. The number of aliphatic hydroxyl groups is 1. The van der Waals surface area contributed by atoms with E-state index in [9.17, 15) is 5.11 Å². The predicted molar refractivity (Wildman–Crippen MR) is 71.1 cm³/mol. The zero-order valence-electron chi connectivity index (χ0n) is 10.8. The van der Waals surface area contributed by atoms with Crippen LogP contribution in [-0.4, -0.2) is 23.8 Å². The van der Waals surface area contributed by atoms with E-state index in [4.69, 9.17) is 0 Å². The first-order chi connectivity index (χ1) is 8.15. The maximum atomic E-state index is 10.5. The van der Waals surface area contributed by atoms with Crippen molar-refractivity contribution in [3.05, 3.63) is 35.9 Å². The van der Waals surface area contributed by atoms with E-state index >= 15 is 0 Å². The Morgan fingerprint density at radius 1 is 1.35 bits per heavy atom. The summed E-state index contributed by atoms with van der Waals surface area (Å²) in [5.74, 6) is 0.962. The zero-order valence-corrected chi connectivity index (χ0v) is 10.8. The molecule has 0 aliphatic heterocycles. The van der Waals surface area contributed by atoms with Crippen LogP contribution in [0.15, 0.2) is 30.3 Å². The molecule has 1 aromatic rings. The van der Waals surface area contributed by atoms with Crippen LogP contribution in [0.3, 0.4) is 0 Å².